The lowest BCUT2D eigenvalue weighted by molar-refractivity contribution is 0.0361. The number of hydrogen-bond acceptors (Lipinski definition) is 3. The van der Waals surface area contributed by atoms with Crippen molar-refractivity contribution in [2.24, 2.45) is 0 Å². The molecule has 19 heavy (non-hydrogen) atoms. The van der Waals surface area contributed by atoms with Crippen molar-refractivity contribution >= 4 is 11.6 Å². The molecule has 1 atom stereocenters. The maximum atomic E-state index is 6.23. The van der Waals surface area contributed by atoms with Crippen molar-refractivity contribution in [1.82, 2.24) is 15.0 Å². The van der Waals surface area contributed by atoms with E-state index in [-0.39, 0.29) is 5.60 Å². The van der Waals surface area contributed by atoms with Crippen molar-refractivity contribution < 1.29 is 4.74 Å². The molecule has 2 aromatic rings. The Morgan fingerprint density at radius 1 is 1.42 bits per heavy atom. The van der Waals surface area contributed by atoms with Crippen molar-refractivity contribution in [3.8, 4) is 5.69 Å². The van der Waals surface area contributed by atoms with Crippen molar-refractivity contribution in [3.63, 3.8) is 0 Å². The van der Waals surface area contributed by atoms with Crippen LogP contribution in [0.2, 0.25) is 5.02 Å². The van der Waals surface area contributed by atoms with Gasteiger partial charge in [-0.25, -0.2) is 4.68 Å². The van der Waals surface area contributed by atoms with E-state index in [1.165, 1.54) is 5.56 Å². The summed E-state index contributed by atoms with van der Waals surface area (Å²) in [6, 6.07) is 6.06. The Morgan fingerprint density at radius 2 is 2.26 bits per heavy atom. The van der Waals surface area contributed by atoms with Crippen molar-refractivity contribution in [3.05, 3.63) is 41.2 Å². The van der Waals surface area contributed by atoms with Crippen molar-refractivity contribution in [1.29, 1.82) is 0 Å². The molecule has 5 heteroatoms. The summed E-state index contributed by atoms with van der Waals surface area (Å²) in [5.41, 5.74) is 2.06. The Hall–Kier alpha value is -1.39. The van der Waals surface area contributed by atoms with E-state index < -0.39 is 0 Å². The molecule has 4 nitrogen and oxygen atoms in total. The first-order valence-corrected chi connectivity index (χ1v) is 6.73. The molecular formula is C14H16ClN3O. The minimum atomic E-state index is -0.0439. The Balaban J connectivity index is 1.94. The zero-order valence-corrected chi connectivity index (χ0v) is 11.8. The van der Waals surface area contributed by atoms with E-state index in [1.54, 1.807) is 17.1 Å². The quantitative estimate of drug-likeness (QED) is 0.846. The maximum Gasteiger partial charge on any atom is 0.0852 e. The standard InChI is InChI=1S/C14H16ClN3O/c1-14(2)8-11(9-19-14)10-3-4-12(15)13(7-10)18-6-5-16-17-18/h3-7,11H,8-9H2,1-2H3/t11-/m1/s1. The topological polar surface area (TPSA) is 39.9 Å². The van der Waals surface area contributed by atoms with Crippen LogP contribution < -0.4 is 0 Å². The molecule has 1 aliphatic heterocycles. The van der Waals surface area contributed by atoms with Crippen LogP contribution in [0, 0.1) is 0 Å². The first-order chi connectivity index (χ1) is 9.05. The van der Waals surface area contributed by atoms with Crippen LogP contribution in [-0.4, -0.2) is 27.2 Å². The zero-order chi connectivity index (χ0) is 13.5. The predicted molar refractivity (Wildman–Crippen MR) is 73.8 cm³/mol. The van der Waals surface area contributed by atoms with Gasteiger partial charge in [0.25, 0.3) is 0 Å². The van der Waals surface area contributed by atoms with Gasteiger partial charge in [-0.05, 0) is 38.0 Å². The third kappa shape index (κ3) is 2.51. The van der Waals surface area contributed by atoms with Crippen LogP contribution in [-0.2, 0) is 4.74 Å². The molecule has 1 aromatic carbocycles. The average Bonchev–Trinajstić information content (AvgIpc) is 2.99. The molecular weight excluding hydrogens is 262 g/mol. The summed E-state index contributed by atoms with van der Waals surface area (Å²) in [5, 5.41) is 8.49. The second-order valence-corrected chi connectivity index (χ2v) is 5.94. The van der Waals surface area contributed by atoms with Gasteiger partial charge in [-0.15, -0.1) is 5.10 Å². The Bertz CT molecular complexity index is 580. The van der Waals surface area contributed by atoms with E-state index in [0.717, 1.165) is 18.7 Å². The molecule has 0 N–H and O–H groups in total. The van der Waals surface area contributed by atoms with E-state index in [1.807, 2.05) is 6.07 Å². The maximum absolute atomic E-state index is 6.23. The number of ether oxygens (including phenoxy) is 1. The van der Waals surface area contributed by atoms with E-state index in [4.69, 9.17) is 16.3 Å². The second-order valence-electron chi connectivity index (χ2n) is 5.53. The molecule has 0 spiro atoms. The SMILES string of the molecule is CC1(C)C[C@@H](c2ccc(Cl)c(-n3ccnn3)c2)CO1. The molecule has 0 radical (unpaired) electrons. The lowest BCUT2D eigenvalue weighted by Gasteiger charge is -2.16. The number of rotatable bonds is 2. The van der Waals surface area contributed by atoms with E-state index >= 15 is 0 Å². The van der Waals surface area contributed by atoms with Gasteiger partial charge in [0.1, 0.15) is 0 Å². The highest BCUT2D eigenvalue weighted by molar-refractivity contribution is 6.32. The van der Waals surface area contributed by atoms with Crippen molar-refractivity contribution in [2.75, 3.05) is 6.61 Å². The van der Waals surface area contributed by atoms with E-state index in [2.05, 4.69) is 36.3 Å². The molecule has 0 saturated carbocycles. The molecule has 1 aromatic heterocycles. The predicted octanol–water partition coefficient (Wildman–Crippen LogP) is 3.20. The van der Waals surface area contributed by atoms with Crippen LogP contribution in [0.15, 0.2) is 30.6 Å². The van der Waals surface area contributed by atoms with Crippen LogP contribution >= 0.6 is 11.6 Å². The summed E-state index contributed by atoms with van der Waals surface area (Å²) in [6.45, 7) is 5.01. The highest BCUT2D eigenvalue weighted by atomic mass is 35.5. The Kier molecular flexibility index (Phi) is 3.07. The fourth-order valence-electron chi connectivity index (χ4n) is 2.55. The summed E-state index contributed by atoms with van der Waals surface area (Å²) in [4.78, 5) is 0. The Morgan fingerprint density at radius 3 is 2.89 bits per heavy atom. The highest BCUT2D eigenvalue weighted by Crippen LogP contribution is 2.37. The fraction of sp³-hybridized carbons (Fsp3) is 0.429. The fourth-order valence-corrected chi connectivity index (χ4v) is 2.75. The smallest absolute Gasteiger partial charge is 0.0852 e. The lowest BCUT2D eigenvalue weighted by atomic mass is 9.91. The van der Waals surface area contributed by atoms with Gasteiger partial charge >= 0.3 is 0 Å². The van der Waals surface area contributed by atoms with Crippen LogP contribution in [0.5, 0.6) is 0 Å². The van der Waals surface area contributed by atoms with Crippen LogP contribution in [0.25, 0.3) is 5.69 Å². The lowest BCUT2D eigenvalue weighted by Crippen LogP contribution is -2.16. The molecule has 2 heterocycles. The monoisotopic (exact) mass is 277 g/mol. The van der Waals surface area contributed by atoms with Gasteiger partial charge in [0.15, 0.2) is 0 Å². The van der Waals surface area contributed by atoms with Crippen LogP contribution in [0.1, 0.15) is 31.7 Å². The van der Waals surface area contributed by atoms with E-state index in [0.29, 0.717) is 10.9 Å². The first-order valence-electron chi connectivity index (χ1n) is 6.35. The zero-order valence-electron chi connectivity index (χ0n) is 11.0. The minimum absolute atomic E-state index is 0.0439. The summed E-state index contributed by atoms with van der Waals surface area (Å²) in [7, 11) is 0. The molecule has 0 amide bonds. The normalized spacial score (nSPS) is 21.7. The van der Waals surface area contributed by atoms with Gasteiger partial charge < -0.3 is 4.74 Å². The summed E-state index contributed by atoms with van der Waals surface area (Å²) in [6.07, 6.45) is 4.45. The third-order valence-corrected chi connectivity index (χ3v) is 3.84. The minimum Gasteiger partial charge on any atom is -0.375 e. The molecule has 1 fully saturated rings. The van der Waals surface area contributed by atoms with Gasteiger partial charge in [0, 0.05) is 5.92 Å². The number of halogens is 1. The van der Waals surface area contributed by atoms with Crippen LogP contribution in [0.3, 0.4) is 0 Å². The summed E-state index contributed by atoms with van der Waals surface area (Å²) >= 11 is 6.23. The van der Waals surface area contributed by atoms with Gasteiger partial charge in [-0.1, -0.05) is 22.9 Å². The molecule has 3 rings (SSSR count). The molecule has 0 aliphatic carbocycles. The average molecular weight is 278 g/mol. The Labute approximate surface area is 117 Å². The summed E-state index contributed by atoms with van der Waals surface area (Å²) < 4.78 is 7.49. The molecule has 100 valence electrons. The number of nitrogens with zero attached hydrogens (tertiary/aromatic N) is 3. The molecule has 1 saturated heterocycles. The highest BCUT2D eigenvalue weighted by Gasteiger charge is 2.33. The second kappa shape index (κ2) is 4.62. The largest absolute Gasteiger partial charge is 0.375 e. The van der Waals surface area contributed by atoms with Gasteiger partial charge in [0.05, 0.1) is 35.3 Å². The number of benzene rings is 1. The van der Waals surface area contributed by atoms with E-state index in [9.17, 15) is 0 Å². The van der Waals surface area contributed by atoms with Gasteiger partial charge in [-0.2, -0.15) is 0 Å². The number of aromatic nitrogens is 3. The number of hydrogen-bond donors (Lipinski definition) is 0. The van der Waals surface area contributed by atoms with Crippen molar-refractivity contribution in [2.45, 2.75) is 31.8 Å². The molecule has 1 aliphatic rings. The third-order valence-electron chi connectivity index (χ3n) is 3.52. The van der Waals surface area contributed by atoms with Gasteiger partial charge in [0.2, 0.25) is 0 Å². The van der Waals surface area contributed by atoms with Crippen LogP contribution in [0.4, 0.5) is 0 Å². The molecule has 0 bridgehead atoms. The molecule has 0 unspecified atom stereocenters. The van der Waals surface area contributed by atoms with Gasteiger partial charge in [-0.3, -0.25) is 0 Å². The first kappa shape index (κ1) is 12.6. The summed E-state index contributed by atoms with van der Waals surface area (Å²) in [5.74, 6) is 0.412.